The fourth-order valence-electron chi connectivity index (χ4n) is 2.20. The van der Waals surface area contributed by atoms with Crippen molar-refractivity contribution < 1.29 is 0 Å². The second kappa shape index (κ2) is 4.65. The summed E-state index contributed by atoms with van der Waals surface area (Å²) < 4.78 is 0. The van der Waals surface area contributed by atoms with Crippen LogP contribution in [0.3, 0.4) is 0 Å². The lowest BCUT2D eigenvalue weighted by Gasteiger charge is -2.11. The molecule has 0 aromatic heterocycles. The van der Waals surface area contributed by atoms with Gasteiger partial charge in [0.15, 0.2) is 0 Å². The quantitative estimate of drug-likeness (QED) is 0.656. The molecule has 0 fully saturated rings. The SMILES string of the molecule is Cc1ccc(N)c(Nc2ccc3ccccc3c2)c1. The first kappa shape index (κ1) is 11.6. The summed E-state index contributed by atoms with van der Waals surface area (Å²) in [5.74, 6) is 0. The molecular weight excluding hydrogens is 232 g/mol. The topological polar surface area (TPSA) is 38.0 Å². The normalized spacial score (nSPS) is 10.6. The molecule has 0 amide bonds. The van der Waals surface area contributed by atoms with Gasteiger partial charge in [-0.1, -0.05) is 36.4 Å². The van der Waals surface area contributed by atoms with E-state index in [1.165, 1.54) is 16.3 Å². The summed E-state index contributed by atoms with van der Waals surface area (Å²) in [4.78, 5) is 0. The zero-order valence-electron chi connectivity index (χ0n) is 10.9. The summed E-state index contributed by atoms with van der Waals surface area (Å²) in [7, 11) is 0. The number of rotatable bonds is 2. The van der Waals surface area contributed by atoms with Crippen LogP contribution in [0.5, 0.6) is 0 Å². The van der Waals surface area contributed by atoms with Gasteiger partial charge < -0.3 is 11.1 Å². The van der Waals surface area contributed by atoms with Crippen LogP contribution in [0.2, 0.25) is 0 Å². The van der Waals surface area contributed by atoms with Crippen molar-refractivity contribution in [2.24, 2.45) is 0 Å². The van der Waals surface area contributed by atoms with Crippen molar-refractivity contribution in [3.05, 3.63) is 66.2 Å². The molecule has 0 aliphatic rings. The number of nitrogens with two attached hydrogens (primary N) is 1. The van der Waals surface area contributed by atoms with Crippen molar-refractivity contribution >= 4 is 27.8 Å². The maximum Gasteiger partial charge on any atom is 0.0620 e. The number of fused-ring (bicyclic) bond motifs is 1. The van der Waals surface area contributed by atoms with Crippen LogP contribution in [-0.2, 0) is 0 Å². The van der Waals surface area contributed by atoms with Gasteiger partial charge in [0.2, 0.25) is 0 Å². The predicted molar refractivity (Wildman–Crippen MR) is 82.8 cm³/mol. The zero-order chi connectivity index (χ0) is 13.2. The van der Waals surface area contributed by atoms with E-state index in [1.54, 1.807) is 0 Å². The molecule has 19 heavy (non-hydrogen) atoms. The first-order valence-corrected chi connectivity index (χ1v) is 6.34. The minimum absolute atomic E-state index is 0.763. The van der Waals surface area contributed by atoms with Gasteiger partial charge in [-0.2, -0.15) is 0 Å². The summed E-state index contributed by atoms with van der Waals surface area (Å²) in [6.07, 6.45) is 0. The summed E-state index contributed by atoms with van der Waals surface area (Å²) in [6, 6.07) is 20.6. The largest absolute Gasteiger partial charge is 0.397 e. The van der Waals surface area contributed by atoms with Crippen molar-refractivity contribution in [2.75, 3.05) is 11.1 Å². The highest BCUT2D eigenvalue weighted by Crippen LogP contribution is 2.26. The second-order valence-electron chi connectivity index (χ2n) is 4.78. The van der Waals surface area contributed by atoms with E-state index >= 15 is 0 Å². The fourth-order valence-corrected chi connectivity index (χ4v) is 2.20. The molecule has 3 rings (SSSR count). The Morgan fingerprint density at radius 1 is 0.842 bits per heavy atom. The number of hydrogen-bond acceptors (Lipinski definition) is 2. The molecule has 0 atom stereocenters. The van der Waals surface area contributed by atoms with E-state index in [1.807, 2.05) is 24.3 Å². The molecule has 0 heterocycles. The van der Waals surface area contributed by atoms with Crippen molar-refractivity contribution in [3.63, 3.8) is 0 Å². The minimum Gasteiger partial charge on any atom is -0.397 e. The van der Waals surface area contributed by atoms with Gasteiger partial charge in [0, 0.05) is 5.69 Å². The number of benzene rings is 3. The molecule has 3 N–H and O–H groups in total. The van der Waals surface area contributed by atoms with Gasteiger partial charge in [0.1, 0.15) is 0 Å². The standard InChI is InChI=1S/C17H16N2/c1-12-6-9-16(18)17(10-12)19-15-8-7-13-4-2-3-5-14(13)11-15/h2-11,19H,18H2,1H3. The van der Waals surface area contributed by atoms with Gasteiger partial charge >= 0.3 is 0 Å². The third kappa shape index (κ3) is 2.38. The van der Waals surface area contributed by atoms with Crippen LogP contribution in [0, 0.1) is 6.92 Å². The molecule has 2 heteroatoms. The van der Waals surface area contributed by atoms with Gasteiger partial charge in [-0.3, -0.25) is 0 Å². The molecular formula is C17H16N2. The summed E-state index contributed by atoms with van der Waals surface area (Å²) in [5.41, 5.74) is 9.95. The molecule has 0 saturated heterocycles. The molecule has 0 saturated carbocycles. The Morgan fingerprint density at radius 3 is 2.47 bits per heavy atom. The van der Waals surface area contributed by atoms with E-state index < -0.39 is 0 Å². The highest BCUT2D eigenvalue weighted by molar-refractivity contribution is 5.87. The van der Waals surface area contributed by atoms with Crippen molar-refractivity contribution in [1.29, 1.82) is 0 Å². The van der Waals surface area contributed by atoms with E-state index in [-0.39, 0.29) is 0 Å². The van der Waals surface area contributed by atoms with E-state index in [4.69, 9.17) is 5.73 Å². The average molecular weight is 248 g/mol. The second-order valence-corrected chi connectivity index (χ2v) is 4.78. The van der Waals surface area contributed by atoms with Gasteiger partial charge in [0.05, 0.1) is 11.4 Å². The van der Waals surface area contributed by atoms with Gasteiger partial charge in [-0.25, -0.2) is 0 Å². The molecule has 0 aliphatic heterocycles. The summed E-state index contributed by atoms with van der Waals surface area (Å²) in [5, 5.41) is 5.84. The Bertz CT molecular complexity index is 732. The number of anilines is 3. The number of nitrogens with one attached hydrogen (secondary N) is 1. The van der Waals surface area contributed by atoms with Gasteiger partial charge in [-0.05, 0) is 47.5 Å². The smallest absolute Gasteiger partial charge is 0.0620 e. The fraction of sp³-hybridized carbons (Fsp3) is 0.0588. The molecule has 3 aromatic carbocycles. The highest BCUT2D eigenvalue weighted by atomic mass is 14.9. The molecule has 0 spiro atoms. The van der Waals surface area contributed by atoms with E-state index in [0.29, 0.717) is 0 Å². The van der Waals surface area contributed by atoms with E-state index in [9.17, 15) is 0 Å². The Balaban J connectivity index is 1.98. The molecule has 94 valence electrons. The number of nitrogen functional groups attached to an aromatic ring is 1. The van der Waals surface area contributed by atoms with Crippen LogP contribution >= 0.6 is 0 Å². The molecule has 0 aliphatic carbocycles. The lowest BCUT2D eigenvalue weighted by Crippen LogP contribution is -1.96. The zero-order valence-corrected chi connectivity index (χ0v) is 10.9. The Morgan fingerprint density at radius 2 is 1.63 bits per heavy atom. The van der Waals surface area contributed by atoms with Crippen LogP contribution in [0.15, 0.2) is 60.7 Å². The molecule has 2 nitrogen and oxygen atoms in total. The number of aryl methyl sites for hydroxylation is 1. The van der Waals surface area contributed by atoms with Crippen molar-refractivity contribution in [1.82, 2.24) is 0 Å². The monoisotopic (exact) mass is 248 g/mol. The summed E-state index contributed by atoms with van der Waals surface area (Å²) >= 11 is 0. The third-order valence-corrected chi connectivity index (χ3v) is 3.24. The van der Waals surface area contributed by atoms with Crippen molar-refractivity contribution in [2.45, 2.75) is 6.92 Å². The van der Waals surface area contributed by atoms with Crippen LogP contribution in [0.4, 0.5) is 17.1 Å². The van der Waals surface area contributed by atoms with Crippen LogP contribution in [-0.4, -0.2) is 0 Å². The minimum atomic E-state index is 0.763. The Hall–Kier alpha value is -2.48. The highest BCUT2D eigenvalue weighted by Gasteiger charge is 2.01. The van der Waals surface area contributed by atoms with E-state index in [0.717, 1.165) is 17.1 Å². The third-order valence-electron chi connectivity index (χ3n) is 3.24. The lowest BCUT2D eigenvalue weighted by molar-refractivity contribution is 1.45. The Kier molecular flexibility index (Phi) is 2.84. The first-order valence-electron chi connectivity index (χ1n) is 6.34. The average Bonchev–Trinajstić information content (AvgIpc) is 2.43. The first-order chi connectivity index (χ1) is 9.22. The predicted octanol–water partition coefficient (Wildman–Crippen LogP) is 4.47. The van der Waals surface area contributed by atoms with Crippen LogP contribution < -0.4 is 11.1 Å². The van der Waals surface area contributed by atoms with E-state index in [2.05, 4.69) is 48.6 Å². The maximum absolute atomic E-state index is 5.99. The molecule has 0 radical (unpaired) electrons. The van der Waals surface area contributed by atoms with Gasteiger partial charge in [0.25, 0.3) is 0 Å². The van der Waals surface area contributed by atoms with Crippen molar-refractivity contribution in [3.8, 4) is 0 Å². The Labute approximate surface area is 112 Å². The number of hydrogen-bond donors (Lipinski definition) is 2. The van der Waals surface area contributed by atoms with Gasteiger partial charge in [-0.15, -0.1) is 0 Å². The molecule has 0 bridgehead atoms. The van der Waals surface area contributed by atoms with Crippen LogP contribution in [0.1, 0.15) is 5.56 Å². The summed E-state index contributed by atoms with van der Waals surface area (Å²) in [6.45, 7) is 2.06. The van der Waals surface area contributed by atoms with Crippen LogP contribution in [0.25, 0.3) is 10.8 Å². The maximum atomic E-state index is 5.99. The molecule has 3 aromatic rings. The lowest BCUT2D eigenvalue weighted by atomic mass is 10.1. The molecule has 0 unspecified atom stereocenters.